The normalized spacial score (nSPS) is 10.7. The highest BCUT2D eigenvalue weighted by atomic mass is 16.6. The third-order valence-corrected chi connectivity index (χ3v) is 3.00. The van der Waals surface area contributed by atoms with E-state index < -0.39 is 10.9 Å². The van der Waals surface area contributed by atoms with Gasteiger partial charge < -0.3 is 20.6 Å². The van der Waals surface area contributed by atoms with Crippen molar-refractivity contribution in [2.24, 2.45) is 5.73 Å². The largest absolute Gasteiger partial charge is 0.494 e. The van der Waals surface area contributed by atoms with Crippen LogP contribution in [-0.2, 0) is 6.42 Å². The Bertz CT molecular complexity index is 692. The number of nitrogens with two attached hydrogens (primary N) is 1. The van der Waals surface area contributed by atoms with E-state index in [0.717, 1.165) is 0 Å². The fourth-order valence-electron chi connectivity index (χ4n) is 2.16. The zero-order chi connectivity index (χ0) is 14.9. The molecule has 2 aromatic rings. The zero-order valence-corrected chi connectivity index (χ0v) is 10.7. The molecule has 0 radical (unpaired) electrons. The molecule has 1 aromatic heterocycles. The number of carbonyl (C=O) groups is 1. The summed E-state index contributed by atoms with van der Waals surface area (Å²) in [6.07, 6.45) is 0.298. The lowest BCUT2D eigenvalue weighted by atomic mass is 10.1. The van der Waals surface area contributed by atoms with E-state index in [9.17, 15) is 20.0 Å². The molecular weight excluding hydrogens is 266 g/mol. The quantitative estimate of drug-likeness (QED) is 0.558. The Morgan fingerprint density at radius 3 is 2.75 bits per heavy atom. The van der Waals surface area contributed by atoms with E-state index in [1.54, 1.807) is 0 Å². The van der Waals surface area contributed by atoms with Gasteiger partial charge in [0.15, 0.2) is 0 Å². The second-order valence-electron chi connectivity index (χ2n) is 4.15. The van der Waals surface area contributed by atoms with E-state index in [4.69, 9.17) is 10.5 Å². The molecule has 0 saturated carbocycles. The van der Waals surface area contributed by atoms with Gasteiger partial charge in [0, 0.05) is 11.5 Å². The van der Waals surface area contributed by atoms with Gasteiger partial charge in [-0.15, -0.1) is 0 Å². The maximum atomic E-state index is 11.2. The first-order valence-electron chi connectivity index (χ1n) is 5.80. The smallest absolute Gasteiger partial charge is 0.352 e. The number of fused-ring (bicyclic) bond motifs is 1. The number of aromatic amines is 1. The van der Waals surface area contributed by atoms with Crippen molar-refractivity contribution in [1.82, 2.24) is 4.98 Å². The van der Waals surface area contributed by atoms with Gasteiger partial charge in [-0.05, 0) is 18.5 Å². The van der Waals surface area contributed by atoms with E-state index in [1.807, 2.05) is 0 Å². The minimum absolute atomic E-state index is 0.0238. The third kappa shape index (κ3) is 2.16. The maximum Gasteiger partial charge on any atom is 0.352 e. The molecule has 0 spiro atoms. The Morgan fingerprint density at radius 2 is 2.25 bits per heavy atom. The SMILES string of the molecule is COc1cc([N+](=O)[O-])cc2c(CCN)c(C(=O)O)[nH]c12. The Morgan fingerprint density at radius 1 is 1.55 bits per heavy atom. The molecule has 4 N–H and O–H groups in total. The molecule has 0 aliphatic rings. The number of aromatic nitrogens is 1. The fourth-order valence-corrected chi connectivity index (χ4v) is 2.16. The van der Waals surface area contributed by atoms with Crippen LogP contribution in [0.5, 0.6) is 5.75 Å². The summed E-state index contributed by atoms with van der Waals surface area (Å²) in [4.78, 5) is 24.3. The van der Waals surface area contributed by atoms with Gasteiger partial charge in [0.05, 0.1) is 23.6 Å². The molecule has 0 amide bonds. The summed E-state index contributed by atoms with van der Waals surface area (Å²) >= 11 is 0. The second-order valence-corrected chi connectivity index (χ2v) is 4.15. The lowest BCUT2D eigenvalue weighted by Gasteiger charge is -2.03. The van der Waals surface area contributed by atoms with E-state index in [-0.39, 0.29) is 23.7 Å². The summed E-state index contributed by atoms with van der Waals surface area (Å²) < 4.78 is 5.08. The van der Waals surface area contributed by atoms with Crippen molar-refractivity contribution in [2.75, 3.05) is 13.7 Å². The number of hydrogen-bond donors (Lipinski definition) is 3. The number of rotatable bonds is 5. The summed E-state index contributed by atoms with van der Waals surface area (Å²) in [6, 6.07) is 2.57. The molecule has 0 aliphatic carbocycles. The summed E-state index contributed by atoms with van der Waals surface area (Å²) in [7, 11) is 1.36. The molecule has 1 heterocycles. The van der Waals surface area contributed by atoms with Crippen LogP contribution >= 0.6 is 0 Å². The highest BCUT2D eigenvalue weighted by Gasteiger charge is 2.22. The van der Waals surface area contributed by atoms with Crippen LogP contribution in [0.1, 0.15) is 16.1 Å². The van der Waals surface area contributed by atoms with Crippen LogP contribution in [-0.4, -0.2) is 34.6 Å². The maximum absolute atomic E-state index is 11.2. The van der Waals surface area contributed by atoms with Gasteiger partial charge in [0.25, 0.3) is 5.69 Å². The molecule has 0 atom stereocenters. The predicted octanol–water partition coefficient (Wildman–Crippen LogP) is 1.28. The van der Waals surface area contributed by atoms with E-state index in [1.165, 1.54) is 19.2 Å². The van der Waals surface area contributed by atoms with Crippen LogP contribution in [0.15, 0.2) is 12.1 Å². The molecular formula is C12H13N3O5. The predicted molar refractivity (Wildman–Crippen MR) is 71.2 cm³/mol. The van der Waals surface area contributed by atoms with Crippen molar-refractivity contribution in [2.45, 2.75) is 6.42 Å². The monoisotopic (exact) mass is 279 g/mol. The highest BCUT2D eigenvalue weighted by molar-refractivity contribution is 6.00. The number of nitrogens with zero attached hydrogens (tertiary/aromatic N) is 1. The van der Waals surface area contributed by atoms with Crippen LogP contribution in [0.2, 0.25) is 0 Å². The fraction of sp³-hybridized carbons (Fsp3) is 0.250. The van der Waals surface area contributed by atoms with Crippen LogP contribution in [0, 0.1) is 10.1 Å². The van der Waals surface area contributed by atoms with Crippen LogP contribution in [0.4, 0.5) is 5.69 Å². The molecule has 8 heteroatoms. The van der Waals surface area contributed by atoms with Gasteiger partial charge in [-0.25, -0.2) is 4.79 Å². The number of carboxylic acid groups (broad SMARTS) is 1. The van der Waals surface area contributed by atoms with Gasteiger partial charge in [-0.2, -0.15) is 0 Å². The number of nitro groups is 1. The average Bonchev–Trinajstić information content (AvgIpc) is 2.77. The van der Waals surface area contributed by atoms with Crippen molar-refractivity contribution < 1.29 is 19.6 Å². The Kier molecular flexibility index (Phi) is 3.57. The molecule has 106 valence electrons. The molecule has 1 aromatic carbocycles. The lowest BCUT2D eigenvalue weighted by Crippen LogP contribution is -2.07. The Hall–Kier alpha value is -2.61. The summed E-state index contributed by atoms with van der Waals surface area (Å²) in [5, 5.41) is 20.6. The van der Waals surface area contributed by atoms with Crippen molar-refractivity contribution in [3.05, 3.63) is 33.5 Å². The standard InChI is InChI=1S/C12H13N3O5/c1-20-9-5-6(15(18)19)4-8-7(2-3-13)11(12(16)17)14-10(8)9/h4-5,14H,2-3,13H2,1H3,(H,16,17). The first kappa shape index (κ1) is 13.8. The number of H-pyrrole nitrogens is 1. The Labute approximate surface area is 113 Å². The third-order valence-electron chi connectivity index (χ3n) is 3.00. The van der Waals surface area contributed by atoms with E-state index >= 15 is 0 Å². The number of aromatic carboxylic acids is 1. The zero-order valence-electron chi connectivity index (χ0n) is 10.7. The lowest BCUT2D eigenvalue weighted by molar-refractivity contribution is -0.384. The van der Waals surface area contributed by atoms with Crippen LogP contribution in [0.25, 0.3) is 10.9 Å². The molecule has 8 nitrogen and oxygen atoms in total. The van der Waals surface area contributed by atoms with Gasteiger partial charge >= 0.3 is 5.97 Å². The van der Waals surface area contributed by atoms with Crippen LogP contribution < -0.4 is 10.5 Å². The molecule has 0 aliphatic heterocycles. The number of non-ortho nitro benzene ring substituents is 1. The van der Waals surface area contributed by atoms with Crippen molar-refractivity contribution in [3.8, 4) is 5.75 Å². The van der Waals surface area contributed by atoms with Gasteiger partial charge in [0.1, 0.15) is 11.4 Å². The molecule has 20 heavy (non-hydrogen) atoms. The first-order valence-corrected chi connectivity index (χ1v) is 5.80. The summed E-state index contributed by atoms with van der Waals surface area (Å²) in [5.74, 6) is -0.922. The average molecular weight is 279 g/mol. The number of methoxy groups -OCH3 is 1. The molecule has 0 fully saturated rings. The van der Waals surface area contributed by atoms with Crippen molar-refractivity contribution >= 4 is 22.6 Å². The molecule has 0 unspecified atom stereocenters. The van der Waals surface area contributed by atoms with Crippen molar-refractivity contribution in [3.63, 3.8) is 0 Å². The molecule has 2 rings (SSSR count). The number of nitrogens with one attached hydrogen (secondary N) is 1. The topological polar surface area (TPSA) is 131 Å². The minimum Gasteiger partial charge on any atom is -0.494 e. The van der Waals surface area contributed by atoms with Crippen molar-refractivity contribution in [1.29, 1.82) is 0 Å². The summed E-state index contributed by atoms with van der Waals surface area (Å²) in [6.45, 7) is 0.234. The number of ether oxygens (including phenoxy) is 1. The number of carboxylic acids is 1. The van der Waals surface area contributed by atoms with E-state index in [2.05, 4.69) is 4.98 Å². The van der Waals surface area contributed by atoms with Gasteiger partial charge in [0.2, 0.25) is 0 Å². The highest BCUT2D eigenvalue weighted by Crippen LogP contribution is 2.34. The van der Waals surface area contributed by atoms with Crippen LogP contribution in [0.3, 0.4) is 0 Å². The summed E-state index contributed by atoms with van der Waals surface area (Å²) in [5.41, 5.74) is 6.15. The van der Waals surface area contributed by atoms with Gasteiger partial charge in [-0.1, -0.05) is 0 Å². The van der Waals surface area contributed by atoms with Gasteiger partial charge in [-0.3, -0.25) is 10.1 Å². The first-order chi connectivity index (χ1) is 9.49. The second kappa shape index (κ2) is 5.17. The number of nitro benzene ring substituents is 1. The molecule has 0 bridgehead atoms. The minimum atomic E-state index is -1.14. The van der Waals surface area contributed by atoms with E-state index in [0.29, 0.717) is 22.9 Å². The molecule has 0 saturated heterocycles. The number of hydrogen-bond acceptors (Lipinski definition) is 5. The number of benzene rings is 1. The Balaban J connectivity index is 2.83.